The van der Waals surface area contributed by atoms with E-state index in [9.17, 15) is 4.79 Å². The summed E-state index contributed by atoms with van der Waals surface area (Å²) < 4.78 is 5.67. The van der Waals surface area contributed by atoms with Crippen molar-refractivity contribution in [3.63, 3.8) is 0 Å². The largest absolute Gasteiger partial charge is 0.465 e. The Hall–Kier alpha value is -2.58. The van der Waals surface area contributed by atoms with E-state index in [0.29, 0.717) is 15.0 Å². The number of fused-ring (bicyclic) bond motifs is 1. The molecular weight excluding hydrogens is 468 g/mol. The lowest BCUT2D eigenvalue weighted by Crippen LogP contribution is -2.19. The molecule has 0 unspecified atom stereocenters. The van der Waals surface area contributed by atoms with E-state index < -0.39 is 5.97 Å². The smallest absolute Gasteiger partial charge is 0.349 e. The van der Waals surface area contributed by atoms with Crippen molar-refractivity contribution < 1.29 is 9.53 Å². The fourth-order valence-corrected chi connectivity index (χ4v) is 5.54. The second-order valence-electron chi connectivity index (χ2n) is 6.44. The van der Waals surface area contributed by atoms with Gasteiger partial charge in [0.15, 0.2) is 5.11 Å². The normalized spacial score (nSPS) is 10.6. The molecule has 0 radical (unpaired) electrons. The van der Waals surface area contributed by atoms with Gasteiger partial charge in [-0.1, -0.05) is 53.7 Å². The minimum absolute atomic E-state index is 0.392. The fraction of sp³-hybridized carbons (Fsp3) is 0.0435. The summed E-state index contributed by atoms with van der Waals surface area (Å²) in [6, 6.07) is 23.8. The molecule has 31 heavy (non-hydrogen) atoms. The van der Waals surface area contributed by atoms with Crippen molar-refractivity contribution in [2.75, 3.05) is 17.7 Å². The van der Waals surface area contributed by atoms with Crippen LogP contribution < -0.4 is 10.6 Å². The Bertz CT molecular complexity index is 1260. The zero-order valence-corrected chi connectivity index (χ0v) is 19.6. The van der Waals surface area contributed by atoms with E-state index in [4.69, 9.17) is 28.6 Å². The zero-order valence-electron chi connectivity index (χ0n) is 16.3. The van der Waals surface area contributed by atoms with E-state index in [1.807, 2.05) is 54.6 Å². The first kappa shape index (κ1) is 21.6. The third-order valence-corrected chi connectivity index (χ3v) is 7.29. The van der Waals surface area contributed by atoms with E-state index in [-0.39, 0.29) is 0 Å². The maximum atomic E-state index is 11.9. The van der Waals surface area contributed by atoms with Gasteiger partial charge in [-0.2, -0.15) is 0 Å². The van der Waals surface area contributed by atoms with Crippen LogP contribution >= 0.6 is 46.9 Å². The van der Waals surface area contributed by atoms with Crippen LogP contribution in [0.2, 0.25) is 5.02 Å². The molecule has 4 nitrogen and oxygen atoms in total. The molecule has 0 saturated carbocycles. The van der Waals surface area contributed by atoms with Gasteiger partial charge in [0.2, 0.25) is 0 Å². The summed E-state index contributed by atoms with van der Waals surface area (Å²) in [5, 5.41) is 8.16. The highest BCUT2D eigenvalue weighted by Gasteiger charge is 2.18. The lowest BCUT2D eigenvalue weighted by Gasteiger charge is -2.14. The number of methoxy groups -OCH3 is 1. The molecule has 0 atom stereocenters. The summed E-state index contributed by atoms with van der Waals surface area (Å²) in [4.78, 5) is 14.5. The molecule has 0 aliphatic heterocycles. The summed E-state index contributed by atoms with van der Waals surface area (Å²) in [6.45, 7) is 0. The van der Waals surface area contributed by atoms with Gasteiger partial charge in [0.25, 0.3) is 0 Å². The van der Waals surface area contributed by atoms with Gasteiger partial charge < -0.3 is 15.4 Å². The van der Waals surface area contributed by atoms with Crippen LogP contribution in [0.3, 0.4) is 0 Å². The van der Waals surface area contributed by atoms with Crippen molar-refractivity contribution in [3.8, 4) is 0 Å². The number of esters is 1. The van der Waals surface area contributed by atoms with Crippen molar-refractivity contribution in [2.45, 2.75) is 9.79 Å². The Morgan fingerprint density at radius 2 is 1.77 bits per heavy atom. The molecule has 1 heterocycles. The highest BCUT2D eigenvalue weighted by atomic mass is 35.5. The minimum atomic E-state index is -0.439. The Morgan fingerprint density at radius 3 is 2.55 bits per heavy atom. The lowest BCUT2D eigenvalue weighted by molar-refractivity contribution is 0.0606. The molecule has 3 aromatic carbocycles. The molecule has 0 saturated heterocycles. The Balaban J connectivity index is 1.50. The van der Waals surface area contributed by atoms with Crippen LogP contribution in [0.1, 0.15) is 9.67 Å². The number of ether oxygens (including phenoxy) is 1. The number of halogens is 1. The predicted octanol–water partition coefficient (Wildman–Crippen LogP) is 7.30. The third kappa shape index (κ3) is 5.02. The molecule has 4 aromatic rings. The predicted molar refractivity (Wildman–Crippen MR) is 135 cm³/mol. The number of rotatable bonds is 5. The van der Waals surface area contributed by atoms with Gasteiger partial charge in [-0.15, -0.1) is 11.3 Å². The molecule has 0 aliphatic carbocycles. The number of nitrogens with one attached hydrogen (secondary N) is 2. The Labute approximate surface area is 198 Å². The number of carbonyl (C=O) groups is 1. The SMILES string of the molecule is COC(=O)c1sc2cc(NC(=S)Nc3ccccc3Sc3ccccc3)ccc2c1Cl. The van der Waals surface area contributed by atoms with Crippen molar-refractivity contribution in [2.24, 2.45) is 0 Å². The van der Waals surface area contributed by atoms with E-state index >= 15 is 0 Å². The monoisotopic (exact) mass is 484 g/mol. The maximum Gasteiger partial charge on any atom is 0.349 e. The first-order chi connectivity index (χ1) is 15.0. The Morgan fingerprint density at radius 1 is 1.03 bits per heavy atom. The first-order valence-electron chi connectivity index (χ1n) is 9.25. The van der Waals surface area contributed by atoms with E-state index in [1.54, 1.807) is 11.8 Å². The molecule has 1 aromatic heterocycles. The van der Waals surface area contributed by atoms with Crippen LogP contribution in [-0.2, 0) is 4.74 Å². The van der Waals surface area contributed by atoms with E-state index in [0.717, 1.165) is 31.3 Å². The number of anilines is 2. The van der Waals surface area contributed by atoms with Crippen LogP contribution in [0.25, 0.3) is 10.1 Å². The molecule has 0 spiro atoms. The van der Waals surface area contributed by atoms with Crippen LogP contribution in [0, 0.1) is 0 Å². The minimum Gasteiger partial charge on any atom is -0.465 e. The number of thiophene rings is 1. The van der Waals surface area contributed by atoms with Gasteiger partial charge in [0, 0.05) is 25.6 Å². The molecule has 0 amide bonds. The molecule has 0 bridgehead atoms. The first-order valence-corrected chi connectivity index (χ1v) is 11.7. The van der Waals surface area contributed by atoms with Crippen molar-refractivity contribution in [1.29, 1.82) is 0 Å². The van der Waals surface area contributed by atoms with Crippen LogP contribution in [0.5, 0.6) is 0 Å². The van der Waals surface area contributed by atoms with E-state index in [2.05, 4.69) is 28.8 Å². The average Bonchev–Trinajstić information content (AvgIpc) is 3.11. The quantitative estimate of drug-likeness (QED) is 0.229. The van der Waals surface area contributed by atoms with Crippen LogP contribution in [0.4, 0.5) is 11.4 Å². The molecule has 2 N–H and O–H groups in total. The summed E-state index contributed by atoms with van der Waals surface area (Å²) >= 11 is 14.8. The second-order valence-corrected chi connectivity index (χ2v) is 9.39. The standard InChI is InChI=1S/C23H17ClN2O2S3/c1-28-22(27)21-20(24)16-12-11-14(13-19(16)31-21)25-23(29)26-17-9-5-6-10-18(17)30-15-7-3-2-4-8-15/h2-13H,1H3,(H2,25,26,29). The van der Waals surface area contributed by atoms with Gasteiger partial charge in [0.05, 0.1) is 17.8 Å². The summed E-state index contributed by atoms with van der Waals surface area (Å²) in [5.41, 5.74) is 1.72. The molecule has 0 fully saturated rings. The molecule has 0 aliphatic rings. The Kier molecular flexibility index (Phi) is 6.77. The highest BCUT2D eigenvalue weighted by molar-refractivity contribution is 7.99. The number of thiocarbonyl (C=S) groups is 1. The topological polar surface area (TPSA) is 50.4 Å². The molecule has 156 valence electrons. The lowest BCUT2D eigenvalue weighted by atomic mass is 10.2. The second kappa shape index (κ2) is 9.70. The fourth-order valence-electron chi connectivity index (χ4n) is 2.93. The third-order valence-electron chi connectivity index (χ3n) is 4.36. The summed E-state index contributed by atoms with van der Waals surface area (Å²) in [5.74, 6) is -0.439. The molecule has 8 heteroatoms. The number of para-hydroxylation sites is 1. The van der Waals surface area contributed by atoms with Gasteiger partial charge in [0.1, 0.15) is 4.88 Å². The van der Waals surface area contributed by atoms with Crippen molar-refractivity contribution in [1.82, 2.24) is 0 Å². The van der Waals surface area contributed by atoms with Crippen molar-refractivity contribution >= 4 is 79.5 Å². The number of hydrogen-bond acceptors (Lipinski definition) is 5. The van der Waals surface area contributed by atoms with Crippen LogP contribution in [-0.4, -0.2) is 18.2 Å². The van der Waals surface area contributed by atoms with Gasteiger partial charge in [-0.25, -0.2) is 4.79 Å². The average molecular weight is 485 g/mol. The summed E-state index contributed by atoms with van der Waals surface area (Å²) in [7, 11) is 1.34. The summed E-state index contributed by atoms with van der Waals surface area (Å²) in [6.07, 6.45) is 0. The van der Waals surface area contributed by atoms with Gasteiger partial charge >= 0.3 is 5.97 Å². The molecule has 4 rings (SSSR count). The van der Waals surface area contributed by atoms with Gasteiger partial charge in [-0.3, -0.25) is 0 Å². The van der Waals surface area contributed by atoms with E-state index in [1.165, 1.54) is 18.4 Å². The van der Waals surface area contributed by atoms with Gasteiger partial charge in [-0.05, 0) is 54.7 Å². The maximum absolute atomic E-state index is 11.9. The number of hydrogen-bond donors (Lipinski definition) is 2. The number of benzene rings is 3. The zero-order chi connectivity index (χ0) is 21.8. The molecular formula is C23H17ClN2O2S3. The number of carbonyl (C=O) groups excluding carboxylic acids is 1. The highest BCUT2D eigenvalue weighted by Crippen LogP contribution is 2.37. The van der Waals surface area contributed by atoms with Crippen molar-refractivity contribution in [3.05, 3.63) is 82.7 Å². The van der Waals surface area contributed by atoms with Crippen LogP contribution in [0.15, 0.2) is 82.6 Å².